The van der Waals surface area contributed by atoms with Crippen LogP contribution >= 0.6 is 23.4 Å². The molecule has 0 aliphatic rings. The quantitative estimate of drug-likeness (QED) is 0.168. The van der Waals surface area contributed by atoms with Gasteiger partial charge >= 0.3 is 0 Å². The third-order valence-electron chi connectivity index (χ3n) is 5.24. The number of nitro groups is 1. The summed E-state index contributed by atoms with van der Waals surface area (Å²) < 4.78 is 2.01. The number of hydrogen-bond acceptors (Lipinski definition) is 5. The van der Waals surface area contributed by atoms with E-state index < -0.39 is 4.92 Å². The average Bonchev–Trinajstić information content (AvgIpc) is 3.22. The standard InChI is InChI=1S/C25H23ClN4O2S/c1-25(2,3)19-8-6-18(7-9-19)23-27-28-24(29(23)21-14-10-20(26)11-15-21)33-16-17-4-12-22(13-5-17)30(31)32/h4-15H,16H2,1-3H3. The monoisotopic (exact) mass is 478 g/mol. The van der Waals surface area contributed by atoms with E-state index in [4.69, 9.17) is 11.6 Å². The van der Waals surface area contributed by atoms with Gasteiger partial charge in [0.25, 0.3) is 5.69 Å². The summed E-state index contributed by atoms with van der Waals surface area (Å²) in [4.78, 5) is 10.5. The molecule has 0 amide bonds. The number of aromatic nitrogens is 3. The molecule has 0 radical (unpaired) electrons. The molecular weight excluding hydrogens is 456 g/mol. The third kappa shape index (κ3) is 5.26. The van der Waals surface area contributed by atoms with Gasteiger partial charge in [-0.2, -0.15) is 0 Å². The van der Waals surface area contributed by atoms with Crippen LogP contribution < -0.4 is 0 Å². The highest BCUT2D eigenvalue weighted by molar-refractivity contribution is 7.98. The van der Waals surface area contributed by atoms with Crippen molar-refractivity contribution in [1.29, 1.82) is 0 Å². The Morgan fingerprint density at radius 2 is 1.58 bits per heavy atom. The molecule has 3 aromatic carbocycles. The van der Waals surface area contributed by atoms with Crippen LogP contribution in [-0.4, -0.2) is 19.7 Å². The lowest BCUT2D eigenvalue weighted by atomic mass is 9.87. The van der Waals surface area contributed by atoms with Gasteiger partial charge in [0.05, 0.1) is 4.92 Å². The first-order chi connectivity index (χ1) is 15.7. The van der Waals surface area contributed by atoms with Gasteiger partial charge in [-0.3, -0.25) is 14.7 Å². The fraction of sp³-hybridized carbons (Fsp3) is 0.200. The van der Waals surface area contributed by atoms with E-state index in [1.165, 1.54) is 29.5 Å². The molecule has 0 saturated carbocycles. The van der Waals surface area contributed by atoms with Crippen LogP contribution in [0.25, 0.3) is 17.1 Å². The minimum absolute atomic E-state index is 0.0636. The highest BCUT2D eigenvalue weighted by atomic mass is 35.5. The number of benzene rings is 3. The Morgan fingerprint density at radius 1 is 0.939 bits per heavy atom. The van der Waals surface area contributed by atoms with Crippen LogP contribution in [-0.2, 0) is 11.2 Å². The van der Waals surface area contributed by atoms with Crippen LogP contribution in [0.4, 0.5) is 5.69 Å². The number of rotatable bonds is 6. The fourth-order valence-corrected chi connectivity index (χ4v) is 4.39. The number of nitro benzene ring substituents is 1. The van der Waals surface area contributed by atoms with Crippen molar-refractivity contribution in [1.82, 2.24) is 14.8 Å². The first kappa shape index (κ1) is 23.0. The van der Waals surface area contributed by atoms with Gasteiger partial charge in [-0.05, 0) is 40.8 Å². The van der Waals surface area contributed by atoms with Gasteiger partial charge in [0.1, 0.15) is 0 Å². The fourth-order valence-electron chi connectivity index (χ4n) is 3.35. The lowest BCUT2D eigenvalue weighted by Gasteiger charge is -2.19. The van der Waals surface area contributed by atoms with E-state index in [9.17, 15) is 10.1 Å². The zero-order valence-corrected chi connectivity index (χ0v) is 20.1. The third-order valence-corrected chi connectivity index (χ3v) is 6.49. The molecule has 1 aromatic heterocycles. The van der Waals surface area contributed by atoms with E-state index in [2.05, 4.69) is 55.2 Å². The van der Waals surface area contributed by atoms with Crippen molar-refractivity contribution in [3.63, 3.8) is 0 Å². The van der Waals surface area contributed by atoms with E-state index in [1.54, 1.807) is 12.1 Å². The molecule has 6 nitrogen and oxygen atoms in total. The van der Waals surface area contributed by atoms with Gasteiger partial charge in [0, 0.05) is 34.2 Å². The van der Waals surface area contributed by atoms with E-state index in [-0.39, 0.29) is 11.1 Å². The van der Waals surface area contributed by atoms with Crippen LogP contribution in [0.15, 0.2) is 78.0 Å². The maximum Gasteiger partial charge on any atom is 0.269 e. The summed E-state index contributed by atoms with van der Waals surface area (Å²) in [6, 6.07) is 22.5. The summed E-state index contributed by atoms with van der Waals surface area (Å²) in [5.74, 6) is 1.34. The van der Waals surface area contributed by atoms with Gasteiger partial charge < -0.3 is 0 Å². The van der Waals surface area contributed by atoms with E-state index in [0.29, 0.717) is 10.8 Å². The Morgan fingerprint density at radius 3 is 2.15 bits per heavy atom. The lowest BCUT2D eigenvalue weighted by Crippen LogP contribution is -2.10. The number of thioether (sulfide) groups is 1. The van der Waals surface area contributed by atoms with E-state index in [0.717, 1.165) is 27.8 Å². The molecule has 1 heterocycles. The van der Waals surface area contributed by atoms with Crippen molar-refractivity contribution in [2.75, 3.05) is 0 Å². The Kier molecular flexibility index (Phi) is 6.54. The second kappa shape index (κ2) is 9.37. The van der Waals surface area contributed by atoms with Crippen LogP contribution in [0.2, 0.25) is 5.02 Å². The summed E-state index contributed by atoms with van der Waals surface area (Å²) in [5.41, 5.74) is 4.23. The number of hydrogen-bond donors (Lipinski definition) is 0. The summed E-state index contributed by atoms with van der Waals surface area (Å²) >= 11 is 7.64. The van der Waals surface area contributed by atoms with E-state index in [1.807, 2.05) is 28.8 Å². The highest BCUT2D eigenvalue weighted by Crippen LogP contribution is 2.32. The Labute approximate surface area is 201 Å². The summed E-state index contributed by atoms with van der Waals surface area (Å²) in [6.45, 7) is 6.56. The van der Waals surface area contributed by atoms with Crippen molar-refractivity contribution >= 4 is 29.1 Å². The molecule has 0 atom stereocenters. The highest BCUT2D eigenvalue weighted by Gasteiger charge is 2.18. The number of halogens is 1. The normalized spacial score (nSPS) is 11.5. The van der Waals surface area contributed by atoms with Crippen molar-refractivity contribution in [3.8, 4) is 17.1 Å². The SMILES string of the molecule is CC(C)(C)c1ccc(-c2nnc(SCc3ccc([N+](=O)[O-])cc3)n2-c2ccc(Cl)cc2)cc1. The summed E-state index contributed by atoms with van der Waals surface area (Å²) in [7, 11) is 0. The second-order valence-electron chi connectivity index (χ2n) is 8.66. The van der Waals surface area contributed by atoms with Crippen molar-refractivity contribution in [3.05, 3.63) is 99.1 Å². The predicted molar refractivity (Wildman–Crippen MR) is 133 cm³/mol. The van der Waals surface area contributed by atoms with Gasteiger partial charge in [-0.15, -0.1) is 10.2 Å². The van der Waals surface area contributed by atoms with Crippen LogP contribution in [0.1, 0.15) is 31.9 Å². The number of non-ortho nitro benzene ring substituents is 1. The molecule has 4 aromatic rings. The number of nitrogens with zero attached hydrogens (tertiary/aromatic N) is 4. The largest absolute Gasteiger partial charge is 0.270 e. The molecular formula is C25H23ClN4O2S. The first-order valence-electron chi connectivity index (χ1n) is 10.4. The van der Waals surface area contributed by atoms with Gasteiger partial charge in [-0.1, -0.05) is 80.5 Å². The molecule has 4 rings (SSSR count). The van der Waals surface area contributed by atoms with Crippen LogP contribution in [0.5, 0.6) is 0 Å². The smallest absolute Gasteiger partial charge is 0.269 e. The van der Waals surface area contributed by atoms with Crippen LogP contribution in [0, 0.1) is 10.1 Å². The molecule has 0 spiro atoms. The maximum atomic E-state index is 10.9. The molecule has 0 fully saturated rings. The molecule has 0 unspecified atom stereocenters. The minimum Gasteiger partial charge on any atom is -0.270 e. The molecule has 168 valence electrons. The molecule has 33 heavy (non-hydrogen) atoms. The van der Waals surface area contributed by atoms with E-state index >= 15 is 0 Å². The molecule has 0 N–H and O–H groups in total. The minimum atomic E-state index is -0.398. The topological polar surface area (TPSA) is 73.8 Å². The molecule has 0 aliphatic carbocycles. The van der Waals surface area contributed by atoms with Gasteiger partial charge in [0.2, 0.25) is 0 Å². The Bertz CT molecular complexity index is 1260. The average molecular weight is 479 g/mol. The van der Waals surface area contributed by atoms with Gasteiger partial charge in [0.15, 0.2) is 11.0 Å². The van der Waals surface area contributed by atoms with Crippen molar-refractivity contribution in [2.24, 2.45) is 0 Å². The summed E-state index contributed by atoms with van der Waals surface area (Å²) in [5, 5.41) is 21.2. The molecule has 0 aliphatic heterocycles. The molecule has 0 saturated heterocycles. The second-order valence-corrected chi connectivity index (χ2v) is 10.0. The zero-order chi connectivity index (χ0) is 23.6. The Hall–Kier alpha value is -3.16. The van der Waals surface area contributed by atoms with Crippen molar-refractivity contribution < 1.29 is 4.92 Å². The Balaban J connectivity index is 1.68. The van der Waals surface area contributed by atoms with Gasteiger partial charge in [-0.25, -0.2) is 0 Å². The first-order valence-corrected chi connectivity index (χ1v) is 11.8. The molecule has 0 bridgehead atoms. The predicted octanol–water partition coefficient (Wildman–Crippen LogP) is 7.09. The summed E-state index contributed by atoms with van der Waals surface area (Å²) in [6.07, 6.45) is 0. The lowest BCUT2D eigenvalue weighted by molar-refractivity contribution is -0.384. The van der Waals surface area contributed by atoms with Crippen LogP contribution in [0.3, 0.4) is 0 Å². The maximum absolute atomic E-state index is 10.9. The zero-order valence-electron chi connectivity index (χ0n) is 18.5. The van der Waals surface area contributed by atoms with Crippen molar-refractivity contribution in [2.45, 2.75) is 37.1 Å². The molecule has 8 heteroatoms.